The number of rotatable bonds is 8. The highest BCUT2D eigenvalue weighted by atomic mass is 35.5. The molecule has 4 rings (SSSR count). The van der Waals surface area contributed by atoms with Crippen molar-refractivity contribution in [3.63, 3.8) is 0 Å². The Hall–Kier alpha value is -3.86. The highest BCUT2D eigenvalue weighted by Gasteiger charge is 2.18. The normalized spacial score (nSPS) is 11.5. The second-order valence-corrected chi connectivity index (χ2v) is 11.3. The van der Waals surface area contributed by atoms with E-state index in [0.717, 1.165) is 0 Å². The van der Waals surface area contributed by atoms with Crippen LogP contribution < -0.4 is 14.8 Å². The van der Waals surface area contributed by atoms with E-state index in [1.54, 1.807) is 48.5 Å². The van der Waals surface area contributed by atoms with E-state index < -0.39 is 26.0 Å². The van der Waals surface area contributed by atoms with Gasteiger partial charge in [-0.05, 0) is 66.7 Å². The summed E-state index contributed by atoms with van der Waals surface area (Å²) >= 11 is 6.18. The van der Waals surface area contributed by atoms with Crippen LogP contribution in [0.15, 0.2) is 113 Å². The van der Waals surface area contributed by atoms with Crippen molar-refractivity contribution >= 4 is 54.6 Å². The molecule has 4 aromatic rings. The number of hydrogen-bond donors (Lipinski definition) is 3. The minimum atomic E-state index is -3.86. The minimum absolute atomic E-state index is 0.0136. The van der Waals surface area contributed by atoms with Crippen LogP contribution in [0.25, 0.3) is 0 Å². The molecule has 184 valence electrons. The Labute approximate surface area is 214 Å². The van der Waals surface area contributed by atoms with Crippen molar-refractivity contribution in [2.75, 3.05) is 14.8 Å². The second kappa shape index (κ2) is 10.4. The molecule has 0 spiro atoms. The molecular weight excluding hydrogens is 522 g/mol. The molecule has 8 nitrogen and oxygen atoms in total. The molecule has 0 saturated heterocycles. The van der Waals surface area contributed by atoms with Gasteiger partial charge in [0, 0.05) is 17.1 Å². The second-order valence-electron chi connectivity index (χ2n) is 7.56. The van der Waals surface area contributed by atoms with Crippen molar-refractivity contribution in [1.82, 2.24) is 0 Å². The zero-order chi connectivity index (χ0) is 25.8. The maximum Gasteiger partial charge on any atom is 0.261 e. The molecule has 0 aromatic heterocycles. The lowest BCUT2D eigenvalue weighted by Gasteiger charge is -2.12. The van der Waals surface area contributed by atoms with Crippen LogP contribution in [0.3, 0.4) is 0 Å². The van der Waals surface area contributed by atoms with Gasteiger partial charge in [-0.1, -0.05) is 48.0 Å². The molecule has 0 heterocycles. The number of carbonyl (C=O) groups excluding carboxylic acids is 1. The first-order valence-electron chi connectivity index (χ1n) is 10.5. The molecule has 0 unspecified atom stereocenters. The number of carbonyl (C=O) groups is 1. The van der Waals surface area contributed by atoms with Crippen molar-refractivity contribution in [3.8, 4) is 0 Å². The van der Waals surface area contributed by atoms with Gasteiger partial charge >= 0.3 is 0 Å². The molecule has 1 amide bonds. The molecule has 0 saturated carbocycles. The number of para-hydroxylation sites is 1. The van der Waals surface area contributed by atoms with E-state index in [4.69, 9.17) is 11.6 Å². The third-order valence-electron chi connectivity index (χ3n) is 4.97. The van der Waals surface area contributed by atoms with E-state index in [9.17, 15) is 21.6 Å². The predicted molar refractivity (Wildman–Crippen MR) is 140 cm³/mol. The van der Waals surface area contributed by atoms with E-state index in [2.05, 4.69) is 14.8 Å². The first-order valence-corrected chi connectivity index (χ1v) is 13.9. The van der Waals surface area contributed by atoms with Gasteiger partial charge in [-0.2, -0.15) is 0 Å². The van der Waals surface area contributed by atoms with Crippen LogP contribution in [-0.2, 0) is 20.0 Å². The summed E-state index contributed by atoms with van der Waals surface area (Å²) in [7, 11) is -7.67. The molecule has 4 aromatic carbocycles. The Balaban J connectivity index is 1.48. The number of halogens is 1. The topological polar surface area (TPSA) is 121 Å². The predicted octanol–water partition coefficient (Wildman–Crippen LogP) is 5.19. The first kappa shape index (κ1) is 25.2. The zero-order valence-electron chi connectivity index (χ0n) is 18.6. The fourth-order valence-corrected chi connectivity index (χ4v) is 5.55. The smallest absolute Gasteiger partial charge is 0.261 e. The van der Waals surface area contributed by atoms with Crippen molar-refractivity contribution in [1.29, 1.82) is 0 Å². The fraction of sp³-hybridized carbons (Fsp3) is 0. The maximum absolute atomic E-state index is 12.8. The average molecular weight is 542 g/mol. The number of benzene rings is 4. The lowest BCUT2D eigenvalue weighted by Crippen LogP contribution is -2.16. The van der Waals surface area contributed by atoms with E-state index in [-0.39, 0.29) is 26.1 Å². The Bertz CT molecular complexity index is 1600. The molecule has 0 atom stereocenters. The van der Waals surface area contributed by atoms with Gasteiger partial charge < -0.3 is 5.32 Å². The Morgan fingerprint density at radius 1 is 0.583 bits per heavy atom. The third kappa shape index (κ3) is 6.03. The summed E-state index contributed by atoms with van der Waals surface area (Å²) in [5.74, 6) is -0.598. The lowest BCUT2D eigenvalue weighted by atomic mass is 10.2. The maximum atomic E-state index is 12.8. The molecule has 11 heteroatoms. The van der Waals surface area contributed by atoms with Gasteiger partial charge in [0.1, 0.15) is 0 Å². The lowest BCUT2D eigenvalue weighted by molar-refractivity contribution is 0.102. The number of hydrogen-bond acceptors (Lipinski definition) is 5. The van der Waals surface area contributed by atoms with Crippen molar-refractivity contribution in [3.05, 3.63) is 114 Å². The summed E-state index contributed by atoms with van der Waals surface area (Å²) < 4.78 is 55.2. The van der Waals surface area contributed by atoms with Crippen LogP contribution in [0.4, 0.5) is 17.1 Å². The quantitative estimate of drug-likeness (QED) is 0.283. The molecule has 0 aliphatic heterocycles. The van der Waals surface area contributed by atoms with Gasteiger partial charge in [0.25, 0.3) is 26.0 Å². The van der Waals surface area contributed by atoms with Crippen LogP contribution in [0.5, 0.6) is 0 Å². The monoisotopic (exact) mass is 541 g/mol. The molecule has 0 fully saturated rings. The summed E-state index contributed by atoms with van der Waals surface area (Å²) in [6.07, 6.45) is 0. The highest BCUT2D eigenvalue weighted by molar-refractivity contribution is 7.93. The highest BCUT2D eigenvalue weighted by Crippen LogP contribution is 2.25. The van der Waals surface area contributed by atoms with Crippen LogP contribution >= 0.6 is 11.6 Å². The number of sulfonamides is 2. The number of nitrogens with one attached hydrogen (secondary N) is 3. The molecular formula is C25H20ClN3O5S2. The Morgan fingerprint density at radius 3 is 1.69 bits per heavy atom. The average Bonchev–Trinajstić information content (AvgIpc) is 2.86. The summed E-state index contributed by atoms with van der Waals surface area (Å²) in [6, 6.07) is 26.0. The van der Waals surface area contributed by atoms with Gasteiger partial charge in [-0.3, -0.25) is 14.2 Å². The van der Waals surface area contributed by atoms with E-state index in [1.807, 2.05) is 0 Å². The van der Waals surface area contributed by atoms with Gasteiger partial charge in [0.15, 0.2) is 0 Å². The molecule has 0 aliphatic carbocycles. The van der Waals surface area contributed by atoms with Crippen molar-refractivity contribution < 1.29 is 21.6 Å². The summed E-state index contributed by atoms with van der Waals surface area (Å²) in [6.45, 7) is 0. The number of anilines is 3. The third-order valence-corrected chi connectivity index (χ3v) is 8.09. The summed E-state index contributed by atoms with van der Waals surface area (Å²) in [5, 5.41) is 2.75. The number of amides is 1. The van der Waals surface area contributed by atoms with Crippen LogP contribution in [0, 0.1) is 0 Å². The van der Waals surface area contributed by atoms with Crippen LogP contribution in [0.1, 0.15) is 10.4 Å². The van der Waals surface area contributed by atoms with Gasteiger partial charge in [-0.25, -0.2) is 16.8 Å². The summed E-state index contributed by atoms with van der Waals surface area (Å²) in [5.41, 5.74) is 0.937. The zero-order valence-corrected chi connectivity index (χ0v) is 20.9. The molecule has 0 aliphatic rings. The van der Waals surface area contributed by atoms with Crippen molar-refractivity contribution in [2.45, 2.75) is 9.79 Å². The van der Waals surface area contributed by atoms with Crippen molar-refractivity contribution in [2.24, 2.45) is 0 Å². The molecule has 3 N–H and O–H groups in total. The van der Waals surface area contributed by atoms with Gasteiger partial charge in [0.05, 0.1) is 20.4 Å². The SMILES string of the molecule is O=C(Nc1ccc(S(=O)(=O)Nc2ccccc2)cc1)c1cc(NS(=O)(=O)c2ccccc2)ccc1Cl. The van der Waals surface area contributed by atoms with Crippen LogP contribution in [-0.4, -0.2) is 22.7 Å². The Morgan fingerprint density at radius 2 is 1.08 bits per heavy atom. The molecule has 36 heavy (non-hydrogen) atoms. The fourth-order valence-electron chi connectivity index (χ4n) is 3.21. The van der Waals surface area contributed by atoms with Crippen LogP contribution in [0.2, 0.25) is 5.02 Å². The van der Waals surface area contributed by atoms with E-state index in [0.29, 0.717) is 11.4 Å². The van der Waals surface area contributed by atoms with Gasteiger partial charge in [-0.15, -0.1) is 0 Å². The summed E-state index contributed by atoms with van der Waals surface area (Å²) in [4.78, 5) is 12.9. The first-order chi connectivity index (χ1) is 17.1. The molecule has 0 bridgehead atoms. The van der Waals surface area contributed by atoms with E-state index in [1.165, 1.54) is 54.6 Å². The van der Waals surface area contributed by atoms with Gasteiger partial charge in [0.2, 0.25) is 0 Å². The molecule has 0 radical (unpaired) electrons. The minimum Gasteiger partial charge on any atom is -0.322 e. The Kier molecular flexibility index (Phi) is 7.30. The largest absolute Gasteiger partial charge is 0.322 e. The standard InChI is InChI=1S/C25H20ClN3O5S2/c26-24-16-13-20(29-35(31,32)21-9-5-2-6-10-21)17-23(24)25(30)27-18-11-14-22(15-12-18)36(33,34)28-19-7-3-1-4-8-19/h1-17,28-29H,(H,27,30). The van der Waals surface area contributed by atoms with E-state index >= 15 is 0 Å².